The van der Waals surface area contributed by atoms with Crippen LogP contribution in [0.4, 0.5) is 0 Å². The molecule has 1 amide bonds. The summed E-state index contributed by atoms with van der Waals surface area (Å²) in [7, 11) is 1.65. The van der Waals surface area contributed by atoms with Crippen LogP contribution < -0.4 is 4.74 Å². The molecule has 1 N–H and O–H groups in total. The fourth-order valence-electron chi connectivity index (χ4n) is 4.29. The summed E-state index contributed by atoms with van der Waals surface area (Å²) < 4.78 is 10.6. The Morgan fingerprint density at radius 3 is 2.70 bits per heavy atom. The molecule has 2 aliphatic heterocycles. The average Bonchev–Trinajstić information content (AvgIpc) is 3.05. The summed E-state index contributed by atoms with van der Waals surface area (Å²) in [5, 5.41) is 8.89. The first kappa shape index (κ1) is 19.6. The molecular weight excluding hydrogens is 348 g/mol. The maximum absolute atomic E-state index is 13.3. The number of para-hydroxylation sites is 1. The van der Waals surface area contributed by atoms with Gasteiger partial charge in [0.25, 0.3) is 0 Å². The number of hydrogen-bond acceptors (Lipinski definition) is 5. The highest BCUT2D eigenvalue weighted by atomic mass is 16.5. The van der Waals surface area contributed by atoms with Gasteiger partial charge in [0.1, 0.15) is 11.3 Å². The Bertz CT molecular complexity index is 680. The van der Waals surface area contributed by atoms with Gasteiger partial charge in [0.2, 0.25) is 5.91 Å². The van der Waals surface area contributed by atoms with E-state index in [1.165, 1.54) is 0 Å². The lowest BCUT2D eigenvalue weighted by atomic mass is 9.85. The first-order valence-corrected chi connectivity index (χ1v) is 9.53. The fourth-order valence-corrected chi connectivity index (χ4v) is 4.29. The average molecular weight is 376 g/mol. The van der Waals surface area contributed by atoms with Gasteiger partial charge in [-0.15, -0.1) is 0 Å². The molecule has 1 spiro atoms. The van der Waals surface area contributed by atoms with Gasteiger partial charge in [-0.1, -0.05) is 18.2 Å². The van der Waals surface area contributed by atoms with E-state index in [1.54, 1.807) is 13.2 Å². The Labute approximate surface area is 159 Å². The second-order valence-electron chi connectivity index (χ2n) is 7.24. The number of amides is 1. The van der Waals surface area contributed by atoms with Gasteiger partial charge >= 0.3 is 5.97 Å². The lowest BCUT2D eigenvalue weighted by molar-refractivity contribution is -0.148. The van der Waals surface area contributed by atoms with Crippen molar-refractivity contribution in [2.24, 2.45) is 0 Å². The minimum atomic E-state index is -1.00. The van der Waals surface area contributed by atoms with Crippen LogP contribution in [0.5, 0.6) is 5.75 Å². The molecule has 1 atom stereocenters. The number of nitrogens with zero attached hydrogens (tertiary/aromatic N) is 2. The van der Waals surface area contributed by atoms with Crippen molar-refractivity contribution in [2.75, 3.05) is 40.0 Å². The molecule has 1 aromatic carbocycles. The largest absolute Gasteiger partial charge is 0.482 e. The van der Waals surface area contributed by atoms with Crippen molar-refractivity contribution >= 4 is 11.9 Å². The summed E-state index contributed by atoms with van der Waals surface area (Å²) in [6, 6.07) is 7.48. The maximum Gasteiger partial charge on any atom is 0.341 e. The molecule has 7 nitrogen and oxygen atoms in total. The second-order valence-corrected chi connectivity index (χ2v) is 7.24. The summed E-state index contributed by atoms with van der Waals surface area (Å²) in [5.41, 5.74) is 0.466. The standard InChI is InChI=1S/C20H28N2O5/c1-26-13-12-21-10-4-8-20(19(21)25)9-5-11-22(20)14-16-6-2-3-7-17(16)27-15-18(23)24/h2-3,6-7H,4-5,8-15H2,1H3,(H,23,24). The zero-order valence-electron chi connectivity index (χ0n) is 15.9. The van der Waals surface area contributed by atoms with Crippen LogP contribution in [0.1, 0.15) is 31.2 Å². The highest BCUT2D eigenvalue weighted by Crippen LogP contribution is 2.39. The summed E-state index contributed by atoms with van der Waals surface area (Å²) >= 11 is 0. The number of hydrogen-bond donors (Lipinski definition) is 1. The third-order valence-corrected chi connectivity index (χ3v) is 5.58. The van der Waals surface area contributed by atoms with Crippen molar-refractivity contribution in [1.82, 2.24) is 9.80 Å². The zero-order chi connectivity index (χ0) is 19.3. The molecule has 2 heterocycles. The predicted molar refractivity (Wildman–Crippen MR) is 99.6 cm³/mol. The number of carboxylic acid groups (broad SMARTS) is 1. The Kier molecular flexibility index (Phi) is 6.34. The lowest BCUT2D eigenvalue weighted by Crippen LogP contribution is -2.60. The molecule has 2 saturated heterocycles. The van der Waals surface area contributed by atoms with E-state index in [1.807, 2.05) is 23.1 Å². The van der Waals surface area contributed by atoms with Crippen LogP contribution in [0.25, 0.3) is 0 Å². The van der Waals surface area contributed by atoms with Crippen LogP contribution in [-0.2, 0) is 20.9 Å². The SMILES string of the molecule is COCCN1CCCC2(CCCN2Cc2ccccc2OCC(=O)O)C1=O. The van der Waals surface area contributed by atoms with E-state index in [0.29, 0.717) is 25.4 Å². The van der Waals surface area contributed by atoms with E-state index in [4.69, 9.17) is 14.6 Å². The van der Waals surface area contributed by atoms with Crippen LogP contribution in [0.2, 0.25) is 0 Å². The minimum absolute atomic E-state index is 0.201. The second kappa shape index (κ2) is 8.71. The maximum atomic E-state index is 13.3. The highest BCUT2D eigenvalue weighted by Gasteiger charge is 2.50. The Balaban J connectivity index is 1.77. The molecule has 2 fully saturated rings. The number of rotatable bonds is 8. The van der Waals surface area contributed by atoms with E-state index < -0.39 is 11.5 Å². The minimum Gasteiger partial charge on any atom is -0.482 e. The topological polar surface area (TPSA) is 79.3 Å². The molecule has 3 rings (SSSR count). The predicted octanol–water partition coefficient (Wildman–Crippen LogP) is 1.75. The van der Waals surface area contributed by atoms with Crippen LogP contribution in [0, 0.1) is 0 Å². The summed E-state index contributed by atoms with van der Waals surface area (Å²) in [6.07, 6.45) is 3.71. The summed E-state index contributed by atoms with van der Waals surface area (Å²) in [5.74, 6) is -0.229. The quantitative estimate of drug-likeness (QED) is 0.745. The first-order chi connectivity index (χ1) is 13.1. The van der Waals surface area contributed by atoms with Crippen LogP contribution >= 0.6 is 0 Å². The number of carbonyl (C=O) groups is 2. The monoisotopic (exact) mass is 376 g/mol. The van der Waals surface area contributed by atoms with Gasteiger partial charge in [-0.05, 0) is 38.3 Å². The van der Waals surface area contributed by atoms with Gasteiger partial charge < -0.3 is 19.5 Å². The smallest absolute Gasteiger partial charge is 0.341 e. The number of carboxylic acids is 1. The van der Waals surface area contributed by atoms with Crippen molar-refractivity contribution in [3.05, 3.63) is 29.8 Å². The van der Waals surface area contributed by atoms with Gasteiger partial charge in [0.05, 0.1) is 6.61 Å². The Morgan fingerprint density at radius 2 is 1.96 bits per heavy atom. The molecule has 2 aliphatic rings. The van der Waals surface area contributed by atoms with E-state index in [9.17, 15) is 9.59 Å². The molecule has 0 aromatic heterocycles. The van der Waals surface area contributed by atoms with Crippen molar-refractivity contribution in [3.63, 3.8) is 0 Å². The molecule has 7 heteroatoms. The Morgan fingerprint density at radius 1 is 1.22 bits per heavy atom. The van der Waals surface area contributed by atoms with Gasteiger partial charge in [0.15, 0.2) is 6.61 Å². The van der Waals surface area contributed by atoms with Crippen molar-refractivity contribution in [2.45, 2.75) is 37.8 Å². The van der Waals surface area contributed by atoms with Crippen LogP contribution in [0.3, 0.4) is 0 Å². The highest BCUT2D eigenvalue weighted by molar-refractivity contribution is 5.87. The zero-order valence-corrected chi connectivity index (χ0v) is 15.9. The third-order valence-electron chi connectivity index (χ3n) is 5.58. The molecule has 148 valence electrons. The lowest BCUT2D eigenvalue weighted by Gasteiger charge is -2.44. The number of carbonyl (C=O) groups excluding carboxylic acids is 1. The molecule has 1 unspecified atom stereocenters. The van der Waals surface area contributed by atoms with Gasteiger partial charge in [-0.3, -0.25) is 9.69 Å². The number of benzene rings is 1. The van der Waals surface area contributed by atoms with Gasteiger partial charge in [0, 0.05) is 32.3 Å². The molecule has 0 saturated carbocycles. The fraction of sp³-hybridized carbons (Fsp3) is 0.600. The molecule has 0 bridgehead atoms. The number of likely N-dealkylation sites (tertiary alicyclic amines) is 2. The van der Waals surface area contributed by atoms with Crippen LogP contribution in [0.15, 0.2) is 24.3 Å². The van der Waals surface area contributed by atoms with E-state index in [0.717, 1.165) is 44.3 Å². The summed E-state index contributed by atoms with van der Waals surface area (Å²) in [4.78, 5) is 28.3. The van der Waals surface area contributed by atoms with Gasteiger partial charge in [-0.25, -0.2) is 4.79 Å². The molecule has 0 radical (unpaired) electrons. The summed E-state index contributed by atoms with van der Waals surface area (Å²) in [6.45, 7) is 3.04. The molecule has 0 aliphatic carbocycles. The normalized spacial score (nSPS) is 23.1. The Hall–Kier alpha value is -2.12. The number of ether oxygens (including phenoxy) is 2. The van der Waals surface area contributed by atoms with E-state index >= 15 is 0 Å². The van der Waals surface area contributed by atoms with Crippen LogP contribution in [-0.4, -0.2) is 72.3 Å². The molecule has 27 heavy (non-hydrogen) atoms. The van der Waals surface area contributed by atoms with E-state index in [2.05, 4.69) is 4.90 Å². The number of piperidine rings is 1. The molecular formula is C20H28N2O5. The third kappa shape index (κ3) is 4.25. The molecule has 1 aromatic rings. The van der Waals surface area contributed by atoms with Crippen molar-refractivity contribution in [3.8, 4) is 5.75 Å². The van der Waals surface area contributed by atoms with Crippen molar-refractivity contribution in [1.29, 1.82) is 0 Å². The van der Waals surface area contributed by atoms with E-state index in [-0.39, 0.29) is 12.5 Å². The van der Waals surface area contributed by atoms with Gasteiger partial charge in [-0.2, -0.15) is 0 Å². The number of aliphatic carboxylic acids is 1. The number of methoxy groups -OCH3 is 1. The van der Waals surface area contributed by atoms with Crippen molar-refractivity contribution < 1.29 is 24.2 Å². The first-order valence-electron chi connectivity index (χ1n) is 9.53.